The second kappa shape index (κ2) is 6.16. The summed E-state index contributed by atoms with van der Waals surface area (Å²) < 4.78 is 11.3. The lowest BCUT2D eigenvalue weighted by Gasteiger charge is -2.08. The summed E-state index contributed by atoms with van der Waals surface area (Å²) in [4.78, 5) is 4.28. The molecule has 2 aromatic rings. The van der Waals surface area contributed by atoms with Crippen LogP contribution in [0.1, 0.15) is 31.7 Å². The van der Waals surface area contributed by atoms with Crippen molar-refractivity contribution in [3.8, 4) is 17.2 Å². The van der Waals surface area contributed by atoms with Gasteiger partial charge in [-0.1, -0.05) is 34.4 Å². The lowest BCUT2D eigenvalue weighted by atomic mass is 10.2. The number of aromatic nitrogens is 2. The second-order valence-electron chi connectivity index (χ2n) is 4.13. The van der Waals surface area contributed by atoms with Gasteiger partial charge in [0.15, 0.2) is 0 Å². The minimum atomic E-state index is -0.180. The fourth-order valence-electron chi connectivity index (χ4n) is 1.78. The molecule has 1 aromatic heterocycles. The summed E-state index contributed by atoms with van der Waals surface area (Å²) >= 11 is 3.28. The van der Waals surface area contributed by atoms with Crippen LogP contribution in [-0.4, -0.2) is 22.4 Å². The largest absolute Gasteiger partial charge is 0.507 e. The lowest BCUT2D eigenvalue weighted by Crippen LogP contribution is -2.03. The maximum absolute atomic E-state index is 9.86. The first kappa shape index (κ1) is 14.0. The van der Waals surface area contributed by atoms with Crippen LogP contribution in [0, 0.1) is 0 Å². The Morgan fingerprint density at radius 2 is 2.26 bits per heavy atom. The topological polar surface area (TPSA) is 68.4 Å². The van der Waals surface area contributed by atoms with Gasteiger partial charge in [0.25, 0.3) is 5.89 Å². The molecule has 0 amide bonds. The quantitative estimate of drug-likeness (QED) is 0.907. The van der Waals surface area contributed by atoms with Gasteiger partial charge < -0.3 is 14.4 Å². The van der Waals surface area contributed by atoms with Crippen LogP contribution in [0.3, 0.4) is 0 Å². The molecule has 0 radical (unpaired) electrons. The van der Waals surface area contributed by atoms with Crippen molar-refractivity contribution in [1.82, 2.24) is 10.1 Å². The number of ether oxygens (including phenoxy) is 1. The third-order valence-electron chi connectivity index (χ3n) is 2.76. The van der Waals surface area contributed by atoms with Crippen LogP contribution in [-0.2, 0) is 4.74 Å². The summed E-state index contributed by atoms with van der Waals surface area (Å²) in [5.74, 6) is 0.883. The number of methoxy groups -OCH3 is 1. The summed E-state index contributed by atoms with van der Waals surface area (Å²) in [6.07, 6.45) is 1.60. The van der Waals surface area contributed by atoms with Gasteiger partial charge in [-0.2, -0.15) is 4.98 Å². The monoisotopic (exact) mass is 326 g/mol. The van der Waals surface area contributed by atoms with Crippen molar-refractivity contribution < 1.29 is 14.4 Å². The molecule has 0 saturated heterocycles. The molecule has 1 aromatic carbocycles. The zero-order valence-corrected chi connectivity index (χ0v) is 12.3. The maximum Gasteiger partial charge on any atom is 0.261 e. The molecule has 1 unspecified atom stereocenters. The van der Waals surface area contributed by atoms with E-state index in [1.807, 2.05) is 0 Å². The first-order chi connectivity index (χ1) is 9.15. The maximum atomic E-state index is 9.86. The van der Waals surface area contributed by atoms with Crippen LogP contribution in [0.5, 0.6) is 5.75 Å². The Labute approximate surface area is 119 Å². The SMILES string of the molecule is CCCC(OC)c1noc(-c2ccc(Br)cc2O)n1. The van der Waals surface area contributed by atoms with Crippen molar-refractivity contribution in [3.63, 3.8) is 0 Å². The minimum Gasteiger partial charge on any atom is -0.507 e. The van der Waals surface area contributed by atoms with Gasteiger partial charge in [0, 0.05) is 11.6 Å². The highest BCUT2D eigenvalue weighted by Gasteiger charge is 2.19. The molecule has 0 bridgehead atoms. The summed E-state index contributed by atoms with van der Waals surface area (Å²) in [6.45, 7) is 2.06. The Morgan fingerprint density at radius 3 is 2.89 bits per heavy atom. The van der Waals surface area contributed by atoms with Crippen molar-refractivity contribution in [3.05, 3.63) is 28.5 Å². The zero-order chi connectivity index (χ0) is 13.8. The van der Waals surface area contributed by atoms with Gasteiger partial charge in [0.2, 0.25) is 5.82 Å². The van der Waals surface area contributed by atoms with Crippen molar-refractivity contribution in [1.29, 1.82) is 0 Å². The molecule has 1 heterocycles. The predicted octanol–water partition coefficient (Wildman–Crippen LogP) is 3.69. The Kier molecular flexibility index (Phi) is 4.55. The van der Waals surface area contributed by atoms with E-state index in [1.165, 1.54) is 0 Å². The molecule has 5 nitrogen and oxygen atoms in total. The molecular formula is C13H15BrN2O3. The lowest BCUT2D eigenvalue weighted by molar-refractivity contribution is 0.0854. The van der Waals surface area contributed by atoms with Crippen LogP contribution >= 0.6 is 15.9 Å². The number of halogens is 1. The third-order valence-corrected chi connectivity index (χ3v) is 3.25. The molecule has 0 saturated carbocycles. The number of hydrogen-bond acceptors (Lipinski definition) is 5. The highest BCUT2D eigenvalue weighted by Crippen LogP contribution is 2.31. The second-order valence-corrected chi connectivity index (χ2v) is 5.05. The van der Waals surface area contributed by atoms with E-state index in [2.05, 4.69) is 33.0 Å². The first-order valence-electron chi connectivity index (χ1n) is 6.01. The number of nitrogens with zero attached hydrogens (tertiary/aromatic N) is 2. The highest BCUT2D eigenvalue weighted by atomic mass is 79.9. The van der Waals surface area contributed by atoms with Crippen molar-refractivity contribution in [2.24, 2.45) is 0 Å². The summed E-state index contributed by atoms with van der Waals surface area (Å²) in [6, 6.07) is 5.11. The summed E-state index contributed by atoms with van der Waals surface area (Å²) in [5, 5.41) is 13.8. The van der Waals surface area contributed by atoms with Gasteiger partial charge in [-0.3, -0.25) is 0 Å². The Balaban J connectivity index is 2.29. The van der Waals surface area contributed by atoms with Crippen molar-refractivity contribution in [2.45, 2.75) is 25.9 Å². The van der Waals surface area contributed by atoms with E-state index < -0.39 is 0 Å². The van der Waals surface area contributed by atoms with E-state index in [-0.39, 0.29) is 17.7 Å². The van der Waals surface area contributed by atoms with Crippen LogP contribution < -0.4 is 0 Å². The van der Waals surface area contributed by atoms with Crippen molar-refractivity contribution in [2.75, 3.05) is 7.11 Å². The summed E-state index contributed by atoms with van der Waals surface area (Å²) in [5.41, 5.74) is 0.508. The molecule has 0 fully saturated rings. The summed E-state index contributed by atoms with van der Waals surface area (Å²) in [7, 11) is 1.62. The number of phenolic OH excluding ortho intramolecular Hbond substituents is 1. The smallest absolute Gasteiger partial charge is 0.261 e. The van der Waals surface area contributed by atoms with Gasteiger partial charge in [0.05, 0.1) is 5.56 Å². The van der Waals surface area contributed by atoms with Gasteiger partial charge in [-0.15, -0.1) is 0 Å². The molecule has 0 aliphatic carbocycles. The normalized spacial score (nSPS) is 12.6. The van der Waals surface area contributed by atoms with Crippen LogP contribution in [0.2, 0.25) is 0 Å². The first-order valence-corrected chi connectivity index (χ1v) is 6.80. The molecule has 2 rings (SSSR count). The molecule has 102 valence electrons. The van der Waals surface area contributed by atoms with Crippen LogP contribution in [0.4, 0.5) is 0 Å². The molecule has 0 spiro atoms. The molecule has 19 heavy (non-hydrogen) atoms. The minimum absolute atomic E-state index is 0.0917. The Bertz CT molecular complexity index is 557. The number of benzene rings is 1. The molecular weight excluding hydrogens is 312 g/mol. The molecule has 0 aliphatic heterocycles. The van der Waals surface area contributed by atoms with Gasteiger partial charge in [-0.25, -0.2) is 0 Å². The number of phenols is 1. The van der Waals surface area contributed by atoms with E-state index in [0.29, 0.717) is 11.4 Å². The standard InChI is InChI=1S/C13H15BrN2O3/c1-3-4-11(18-2)12-15-13(19-16-12)9-6-5-8(14)7-10(9)17/h5-7,11,17H,3-4H2,1-2H3. The van der Waals surface area contributed by atoms with Crippen LogP contribution in [0.15, 0.2) is 27.2 Å². The van der Waals surface area contributed by atoms with Crippen molar-refractivity contribution >= 4 is 15.9 Å². The van der Waals surface area contributed by atoms with E-state index in [9.17, 15) is 5.11 Å². The van der Waals surface area contributed by atoms with E-state index >= 15 is 0 Å². The number of hydrogen-bond donors (Lipinski definition) is 1. The highest BCUT2D eigenvalue weighted by molar-refractivity contribution is 9.10. The number of aromatic hydroxyl groups is 1. The third kappa shape index (κ3) is 3.13. The van der Waals surface area contributed by atoms with Crippen LogP contribution in [0.25, 0.3) is 11.5 Å². The molecule has 0 aliphatic rings. The zero-order valence-electron chi connectivity index (χ0n) is 10.8. The fraction of sp³-hybridized carbons (Fsp3) is 0.385. The van der Waals surface area contributed by atoms with Gasteiger partial charge >= 0.3 is 0 Å². The molecule has 6 heteroatoms. The molecule has 1 atom stereocenters. The van der Waals surface area contributed by atoms with Gasteiger partial charge in [-0.05, 0) is 24.6 Å². The Hall–Kier alpha value is -1.40. The number of rotatable bonds is 5. The van der Waals surface area contributed by atoms with E-state index in [4.69, 9.17) is 9.26 Å². The van der Waals surface area contributed by atoms with E-state index in [1.54, 1.807) is 25.3 Å². The predicted molar refractivity (Wildman–Crippen MR) is 73.8 cm³/mol. The van der Waals surface area contributed by atoms with Gasteiger partial charge in [0.1, 0.15) is 11.9 Å². The fourth-order valence-corrected chi connectivity index (χ4v) is 2.12. The molecule has 1 N–H and O–H groups in total. The average molecular weight is 327 g/mol. The average Bonchev–Trinajstić information content (AvgIpc) is 2.85. The Morgan fingerprint density at radius 1 is 1.47 bits per heavy atom. The van der Waals surface area contributed by atoms with E-state index in [0.717, 1.165) is 17.3 Å².